The largest absolute Gasteiger partial charge is 0.398 e. The molecule has 3 rings (SSSR count). The smallest absolute Gasteiger partial charge is 0.182 e. The minimum absolute atomic E-state index is 0.762. The number of allylic oxidation sites excluding steroid dienone is 2. The van der Waals surface area contributed by atoms with Crippen molar-refractivity contribution in [2.24, 2.45) is 0 Å². The number of aromatic nitrogens is 4. The third-order valence-electron chi connectivity index (χ3n) is 4.24. The van der Waals surface area contributed by atoms with Crippen LogP contribution in [0.5, 0.6) is 0 Å². The van der Waals surface area contributed by atoms with Gasteiger partial charge >= 0.3 is 0 Å². The average molecular weight is 312 g/mol. The molecule has 0 bridgehead atoms. The van der Waals surface area contributed by atoms with Gasteiger partial charge in [-0.3, -0.25) is 0 Å². The Morgan fingerprint density at radius 1 is 1.26 bits per heavy atom. The van der Waals surface area contributed by atoms with Crippen LogP contribution in [0.2, 0.25) is 0 Å². The molecule has 23 heavy (non-hydrogen) atoms. The van der Waals surface area contributed by atoms with Gasteiger partial charge in [0, 0.05) is 23.4 Å². The van der Waals surface area contributed by atoms with Crippen molar-refractivity contribution in [1.29, 1.82) is 0 Å². The van der Waals surface area contributed by atoms with Crippen molar-refractivity contribution in [3.63, 3.8) is 0 Å². The van der Waals surface area contributed by atoms with E-state index in [1.807, 2.05) is 30.9 Å². The van der Waals surface area contributed by atoms with Crippen LogP contribution in [0.4, 0.5) is 5.69 Å². The molecular formula is C17H24N6. The number of likely N-dealkylation sites (N-methyl/N-ethyl adjacent to an activating group) is 1. The van der Waals surface area contributed by atoms with Gasteiger partial charge in [-0.1, -0.05) is 6.08 Å². The van der Waals surface area contributed by atoms with E-state index in [1.165, 1.54) is 18.4 Å². The highest BCUT2D eigenvalue weighted by atomic mass is 15.5. The monoisotopic (exact) mass is 312 g/mol. The number of nitrogens with zero attached hydrogens (tertiary/aromatic N) is 5. The van der Waals surface area contributed by atoms with Gasteiger partial charge in [0.15, 0.2) is 5.82 Å². The van der Waals surface area contributed by atoms with E-state index in [1.54, 1.807) is 0 Å². The summed E-state index contributed by atoms with van der Waals surface area (Å²) in [5, 5.41) is 12.2. The first kappa shape index (κ1) is 15.7. The average Bonchev–Trinajstić information content (AvgIpc) is 3.03. The van der Waals surface area contributed by atoms with Crippen molar-refractivity contribution in [2.75, 3.05) is 26.4 Å². The third-order valence-corrected chi connectivity index (χ3v) is 4.24. The lowest BCUT2D eigenvalue weighted by Crippen LogP contribution is -2.19. The molecule has 1 heterocycles. The number of hydrogen-bond donors (Lipinski definition) is 1. The number of hydrogen-bond acceptors (Lipinski definition) is 5. The highest BCUT2D eigenvalue weighted by Gasteiger charge is 2.14. The molecule has 1 aromatic heterocycles. The summed E-state index contributed by atoms with van der Waals surface area (Å²) < 4.78 is 1.85. The van der Waals surface area contributed by atoms with Gasteiger partial charge in [-0.2, -0.15) is 0 Å². The Labute approximate surface area is 137 Å². The van der Waals surface area contributed by atoms with Crippen molar-refractivity contribution in [1.82, 2.24) is 25.1 Å². The Kier molecular flexibility index (Phi) is 4.71. The van der Waals surface area contributed by atoms with Gasteiger partial charge in [-0.15, -0.1) is 5.10 Å². The Morgan fingerprint density at radius 2 is 2.13 bits per heavy atom. The quantitative estimate of drug-likeness (QED) is 0.859. The molecule has 1 aliphatic carbocycles. The SMILES string of the molecule is CN(C)CCn1nnnc1-c1ccc(N)c(C2=CCCCC2)c1. The second kappa shape index (κ2) is 6.91. The molecule has 2 N–H and O–H groups in total. The van der Waals surface area contributed by atoms with Crippen LogP contribution in [-0.4, -0.2) is 45.7 Å². The number of tetrazole rings is 1. The van der Waals surface area contributed by atoms with Gasteiger partial charge in [-0.25, -0.2) is 4.68 Å². The van der Waals surface area contributed by atoms with Gasteiger partial charge < -0.3 is 10.6 Å². The lowest BCUT2D eigenvalue weighted by atomic mass is 9.91. The van der Waals surface area contributed by atoms with Gasteiger partial charge in [0.2, 0.25) is 0 Å². The lowest BCUT2D eigenvalue weighted by molar-refractivity contribution is 0.372. The minimum atomic E-state index is 0.762. The Hall–Kier alpha value is -2.21. The van der Waals surface area contributed by atoms with Crippen LogP contribution in [0.25, 0.3) is 17.0 Å². The van der Waals surface area contributed by atoms with Crippen molar-refractivity contribution in [3.05, 3.63) is 29.8 Å². The molecule has 0 saturated heterocycles. The molecule has 0 fully saturated rings. The maximum atomic E-state index is 6.20. The molecule has 0 radical (unpaired) electrons. The van der Waals surface area contributed by atoms with Crippen LogP contribution >= 0.6 is 0 Å². The molecule has 1 aliphatic rings. The highest BCUT2D eigenvalue weighted by Crippen LogP contribution is 2.32. The van der Waals surface area contributed by atoms with E-state index in [2.05, 4.69) is 32.6 Å². The van der Waals surface area contributed by atoms with Crippen LogP contribution in [0.3, 0.4) is 0 Å². The summed E-state index contributed by atoms with van der Waals surface area (Å²) in [6, 6.07) is 6.09. The summed E-state index contributed by atoms with van der Waals surface area (Å²) in [7, 11) is 4.09. The number of rotatable bonds is 5. The number of nitrogen functional groups attached to an aromatic ring is 1. The van der Waals surface area contributed by atoms with E-state index >= 15 is 0 Å². The van der Waals surface area contributed by atoms with Crippen LogP contribution in [0.1, 0.15) is 31.2 Å². The summed E-state index contributed by atoms with van der Waals surface area (Å²) in [6.07, 6.45) is 7.05. The van der Waals surface area contributed by atoms with Gasteiger partial charge in [0.1, 0.15) is 0 Å². The van der Waals surface area contributed by atoms with Crippen molar-refractivity contribution in [3.8, 4) is 11.4 Å². The van der Waals surface area contributed by atoms with E-state index in [4.69, 9.17) is 5.73 Å². The van der Waals surface area contributed by atoms with Crippen LogP contribution in [0, 0.1) is 0 Å². The van der Waals surface area contributed by atoms with E-state index in [-0.39, 0.29) is 0 Å². The minimum Gasteiger partial charge on any atom is -0.398 e. The summed E-state index contributed by atoms with van der Waals surface area (Å²) in [5.74, 6) is 0.796. The fraction of sp³-hybridized carbons (Fsp3) is 0.471. The van der Waals surface area contributed by atoms with Crippen LogP contribution < -0.4 is 5.73 Å². The van der Waals surface area contributed by atoms with Crippen molar-refractivity contribution >= 4 is 11.3 Å². The van der Waals surface area contributed by atoms with E-state index in [9.17, 15) is 0 Å². The molecule has 0 spiro atoms. The van der Waals surface area contributed by atoms with Gasteiger partial charge in [-0.05, 0) is 74.0 Å². The third kappa shape index (κ3) is 3.59. The zero-order valence-corrected chi connectivity index (χ0v) is 13.9. The summed E-state index contributed by atoms with van der Waals surface area (Å²) in [5.41, 5.74) is 10.5. The second-order valence-corrected chi connectivity index (χ2v) is 6.31. The molecule has 122 valence electrons. The Bertz CT molecular complexity index is 701. The predicted octanol–water partition coefficient (Wildman–Crippen LogP) is 2.44. The molecule has 0 amide bonds. The Balaban J connectivity index is 1.92. The molecule has 0 atom stereocenters. The van der Waals surface area contributed by atoms with Crippen LogP contribution in [-0.2, 0) is 6.54 Å². The zero-order chi connectivity index (χ0) is 16.2. The highest BCUT2D eigenvalue weighted by molar-refractivity contribution is 5.79. The van der Waals surface area contributed by atoms with E-state index < -0.39 is 0 Å². The normalized spacial score (nSPS) is 15.0. The topological polar surface area (TPSA) is 72.9 Å². The van der Waals surface area contributed by atoms with Crippen molar-refractivity contribution in [2.45, 2.75) is 32.2 Å². The first-order valence-corrected chi connectivity index (χ1v) is 8.15. The fourth-order valence-electron chi connectivity index (χ4n) is 2.91. The predicted molar refractivity (Wildman–Crippen MR) is 92.7 cm³/mol. The summed E-state index contributed by atoms with van der Waals surface area (Å²) >= 11 is 0. The zero-order valence-electron chi connectivity index (χ0n) is 13.9. The maximum Gasteiger partial charge on any atom is 0.182 e. The molecule has 0 aliphatic heterocycles. The van der Waals surface area contributed by atoms with Crippen molar-refractivity contribution < 1.29 is 0 Å². The number of nitrogens with two attached hydrogens (primary N) is 1. The summed E-state index contributed by atoms with van der Waals surface area (Å²) in [6.45, 7) is 1.66. The first-order chi connectivity index (χ1) is 11.1. The molecule has 6 heteroatoms. The van der Waals surface area contributed by atoms with Gasteiger partial charge in [0.05, 0.1) is 6.54 Å². The lowest BCUT2D eigenvalue weighted by Gasteiger charge is -2.16. The van der Waals surface area contributed by atoms with E-state index in [0.717, 1.165) is 48.6 Å². The molecule has 6 nitrogen and oxygen atoms in total. The first-order valence-electron chi connectivity index (χ1n) is 8.15. The van der Waals surface area contributed by atoms with Crippen LogP contribution in [0.15, 0.2) is 24.3 Å². The summed E-state index contributed by atoms with van der Waals surface area (Å²) in [4.78, 5) is 2.12. The van der Waals surface area contributed by atoms with E-state index in [0.29, 0.717) is 0 Å². The fourth-order valence-corrected chi connectivity index (χ4v) is 2.91. The second-order valence-electron chi connectivity index (χ2n) is 6.31. The van der Waals surface area contributed by atoms with Gasteiger partial charge in [0.25, 0.3) is 0 Å². The Morgan fingerprint density at radius 3 is 2.87 bits per heavy atom. The number of benzene rings is 1. The molecule has 0 unspecified atom stereocenters. The molecule has 1 aromatic carbocycles. The number of anilines is 1. The standard InChI is InChI=1S/C17H24N6/c1-22(2)10-11-23-17(19-20-21-23)14-8-9-16(18)15(12-14)13-6-4-3-5-7-13/h6,8-9,12H,3-5,7,10-11,18H2,1-2H3. The maximum absolute atomic E-state index is 6.20. The molecular weight excluding hydrogens is 288 g/mol. The molecule has 2 aromatic rings. The molecule has 0 saturated carbocycles.